The molecule has 0 aliphatic heterocycles. The lowest BCUT2D eigenvalue weighted by atomic mass is 10.1. The molecule has 0 aliphatic rings. The van der Waals surface area contributed by atoms with Crippen LogP contribution in [-0.4, -0.2) is 25.1 Å². The monoisotopic (exact) mass is 389 g/mol. The normalized spacial score (nSPS) is 11.5. The van der Waals surface area contributed by atoms with Crippen LogP contribution in [0.3, 0.4) is 0 Å². The van der Waals surface area contributed by atoms with Crippen molar-refractivity contribution >= 4 is 23.5 Å². The van der Waals surface area contributed by atoms with Crippen molar-refractivity contribution in [3.63, 3.8) is 0 Å². The van der Waals surface area contributed by atoms with Crippen LogP contribution in [0.4, 0.5) is 0 Å². The predicted octanol–water partition coefficient (Wildman–Crippen LogP) is 4.23. The van der Waals surface area contributed by atoms with Crippen molar-refractivity contribution in [3.8, 4) is 5.75 Å². The number of ether oxygens (including phenoxy) is 2. The van der Waals surface area contributed by atoms with Crippen molar-refractivity contribution in [1.82, 2.24) is 5.32 Å². The molecule has 1 amide bonds. The molecule has 0 radical (unpaired) electrons. The van der Waals surface area contributed by atoms with Gasteiger partial charge in [-0.2, -0.15) is 0 Å². The summed E-state index contributed by atoms with van der Waals surface area (Å²) in [5, 5.41) is 3.38. The Morgan fingerprint density at radius 1 is 1.15 bits per heavy atom. The van der Waals surface area contributed by atoms with Gasteiger partial charge in [-0.05, 0) is 50.1 Å². The van der Waals surface area contributed by atoms with Crippen molar-refractivity contribution < 1.29 is 19.1 Å². The van der Waals surface area contributed by atoms with Crippen LogP contribution in [0.25, 0.3) is 0 Å². The molecular formula is C21H24ClNO4. The molecule has 1 N–H and O–H groups in total. The molecule has 0 aliphatic carbocycles. The summed E-state index contributed by atoms with van der Waals surface area (Å²) in [6.45, 7) is 3.96. The zero-order chi connectivity index (χ0) is 19.6. The summed E-state index contributed by atoms with van der Waals surface area (Å²) >= 11 is 5.94. The largest absolute Gasteiger partial charge is 0.494 e. The van der Waals surface area contributed by atoms with Gasteiger partial charge in [0.05, 0.1) is 12.6 Å². The first-order valence-electron chi connectivity index (χ1n) is 8.84. The van der Waals surface area contributed by atoms with Gasteiger partial charge in [-0.25, -0.2) is 0 Å². The lowest BCUT2D eigenvalue weighted by Crippen LogP contribution is -2.31. The van der Waals surface area contributed by atoms with E-state index < -0.39 is 5.97 Å². The maximum absolute atomic E-state index is 11.9. The highest BCUT2D eigenvalue weighted by atomic mass is 35.5. The van der Waals surface area contributed by atoms with E-state index in [1.54, 1.807) is 12.1 Å². The van der Waals surface area contributed by atoms with Crippen LogP contribution in [0.15, 0.2) is 48.5 Å². The van der Waals surface area contributed by atoms with Gasteiger partial charge in [0.1, 0.15) is 5.75 Å². The summed E-state index contributed by atoms with van der Waals surface area (Å²) < 4.78 is 10.6. The van der Waals surface area contributed by atoms with E-state index in [1.807, 2.05) is 50.2 Å². The Balaban J connectivity index is 1.61. The second-order valence-electron chi connectivity index (χ2n) is 6.27. The molecule has 0 saturated carbocycles. The average Bonchev–Trinajstić information content (AvgIpc) is 2.65. The molecule has 0 saturated heterocycles. The number of esters is 1. The van der Waals surface area contributed by atoms with Crippen molar-refractivity contribution in [3.05, 3.63) is 64.7 Å². The molecule has 27 heavy (non-hydrogen) atoms. The minimum atomic E-state index is -0.423. The smallest absolute Gasteiger partial charge is 0.306 e. The van der Waals surface area contributed by atoms with Crippen molar-refractivity contribution in [1.29, 1.82) is 0 Å². The molecule has 144 valence electrons. The number of halogens is 1. The first-order chi connectivity index (χ1) is 12.9. The van der Waals surface area contributed by atoms with E-state index in [0.29, 0.717) is 18.1 Å². The summed E-state index contributed by atoms with van der Waals surface area (Å²) in [6, 6.07) is 14.7. The quantitative estimate of drug-likeness (QED) is 0.515. The standard InChI is InChI=1S/C21H24ClNO4/c1-15-8-10-19(11-9-15)26-12-4-7-21(25)27-14-20(24)23-16(2)17-5-3-6-18(22)13-17/h3,5-6,8-11,13,16H,4,7,12,14H2,1-2H3,(H,23,24)/t16-/m0/s1. The third-order valence-electron chi connectivity index (χ3n) is 3.91. The topological polar surface area (TPSA) is 64.6 Å². The molecule has 0 heterocycles. The Labute approximate surface area is 164 Å². The summed E-state index contributed by atoms with van der Waals surface area (Å²) in [5.41, 5.74) is 2.05. The van der Waals surface area contributed by atoms with Gasteiger partial charge in [-0.3, -0.25) is 9.59 Å². The molecule has 0 aromatic heterocycles. The fourth-order valence-electron chi connectivity index (χ4n) is 2.40. The van der Waals surface area contributed by atoms with Crippen molar-refractivity contribution in [2.45, 2.75) is 32.7 Å². The maximum atomic E-state index is 11.9. The molecule has 1 atom stereocenters. The highest BCUT2D eigenvalue weighted by Crippen LogP contribution is 2.17. The Morgan fingerprint density at radius 2 is 1.89 bits per heavy atom. The molecule has 6 heteroatoms. The summed E-state index contributed by atoms with van der Waals surface area (Å²) in [6.07, 6.45) is 0.718. The van der Waals surface area contributed by atoms with Crippen LogP contribution >= 0.6 is 11.6 Å². The number of hydrogen-bond donors (Lipinski definition) is 1. The zero-order valence-electron chi connectivity index (χ0n) is 15.5. The molecule has 5 nitrogen and oxygen atoms in total. The Kier molecular flexibility index (Phi) is 8.14. The zero-order valence-corrected chi connectivity index (χ0v) is 16.3. The molecule has 0 spiro atoms. The van der Waals surface area contributed by atoms with E-state index in [1.165, 1.54) is 0 Å². The van der Waals surface area contributed by atoms with Crippen molar-refractivity contribution in [2.24, 2.45) is 0 Å². The molecule has 0 bridgehead atoms. The van der Waals surface area contributed by atoms with Crippen LogP contribution in [0, 0.1) is 6.92 Å². The Morgan fingerprint density at radius 3 is 2.59 bits per heavy atom. The van der Waals surface area contributed by atoms with Gasteiger partial charge >= 0.3 is 5.97 Å². The maximum Gasteiger partial charge on any atom is 0.306 e. The van der Waals surface area contributed by atoms with Crippen molar-refractivity contribution in [2.75, 3.05) is 13.2 Å². The lowest BCUT2D eigenvalue weighted by Gasteiger charge is -2.14. The summed E-state index contributed by atoms with van der Waals surface area (Å²) in [4.78, 5) is 23.6. The van der Waals surface area contributed by atoms with Crippen LogP contribution in [-0.2, 0) is 14.3 Å². The molecular weight excluding hydrogens is 366 g/mol. The Bertz CT molecular complexity index is 761. The lowest BCUT2D eigenvalue weighted by molar-refractivity contribution is -0.148. The second-order valence-corrected chi connectivity index (χ2v) is 6.71. The number of aryl methyl sites for hydroxylation is 1. The minimum Gasteiger partial charge on any atom is -0.494 e. The highest BCUT2D eigenvalue weighted by Gasteiger charge is 2.12. The highest BCUT2D eigenvalue weighted by molar-refractivity contribution is 6.30. The third-order valence-corrected chi connectivity index (χ3v) is 4.14. The molecule has 2 rings (SSSR count). The molecule has 2 aromatic rings. The van der Waals surface area contributed by atoms with Crippen LogP contribution in [0.1, 0.15) is 36.9 Å². The molecule has 0 fully saturated rings. The minimum absolute atomic E-state index is 0.197. The van der Waals surface area contributed by atoms with E-state index >= 15 is 0 Å². The molecule has 2 aromatic carbocycles. The van der Waals surface area contributed by atoms with Crippen LogP contribution < -0.4 is 10.1 Å². The van der Waals surface area contributed by atoms with E-state index in [2.05, 4.69) is 5.32 Å². The van der Waals surface area contributed by atoms with Crippen LogP contribution in [0.2, 0.25) is 5.02 Å². The first-order valence-corrected chi connectivity index (χ1v) is 9.22. The van der Waals surface area contributed by atoms with Crippen LogP contribution in [0.5, 0.6) is 5.75 Å². The van der Waals surface area contributed by atoms with E-state index in [4.69, 9.17) is 21.1 Å². The second kappa shape index (κ2) is 10.6. The number of carbonyl (C=O) groups excluding carboxylic acids is 2. The fourth-order valence-corrected chi connectivity index (χ4v) is 2.60. The summed E-state index contributed by atoms with van der Waals surface area (Å²) in [5.74, 6) is -0.0110. The van der Waals surface area contributed by atoms with E-state index in [9.17, 15) is 9.59 Å². The van der Waals surface area contributed by atoms with Gasteiger partial charge in [0.25, 0.3) is 5.91 Å². The Hall–Kier alpha value is -2.53. The summed E-state index contributed by atoms with van der Waals surface area (Å²) in [7, 11) is 0. The molecule has 0 unspecified atom stereocenters. The first kappa shape index (κ1) is 20.8. The van der Waals surface area contributed by atoms with Gasteiger partial charge in [-0.1, -0.05) is 41.4 Å². The van der Waals surface area contributed by atoms with Gasteiger partial charge < -0.3 is 14.8 Å². The number of rotatable bonds is 9. The third kappa shape index (κ3) is 7.71. The number of nitrogens with one attached hydrogen (secondary N) is 1. The number of amides is 1. The number of carbonyl (C=O) groups is 2. The average molecular weight is 390 g/mol. The van der Waals surface area contributed by atoms with Gasteiger partial charge in [0.2, 0.25) is 0 Å². The van der Waals surface area contributed by atoms with Gasteiger partial charge in [0, 0.05) is 11.4 Å². The SMILES string of the molecule is Cc1ccc(OCCCC(=O)OCC(=O)N[C@@H](C)c2cccc(Cl)c2)cc1. The fraction of sp³-hybridized carbons (Fsp3) is 0.333. The number of benzene rings is 2. The van der Waals surface area contributed by atoms with Gasteiger partial charge in [-0.15, -0.1) is 0 Å². The predicted molar refractivity (Wildman–Crippen MR) is 105 cm³/mol. The van der Waals surface area contributed by atoms with Gasteiger partial charge in [0.15, 0.2) is 6.61 Å². The van der Waals surface area contributed by atoms with E-state index in [0.717, 1.165) is 16.9 Å². The number of hydrogen-bond acceptors (Lipinski definition) is 4. The van der Waals surface area contributed by atoms with E-state index in [-0.39, 0.29) is 25.0 Å².